The molecule has 2 aromatic carbocycles. The van der Waals surface area contributed by atoms with Gasteiger partial charge in [0.2, 0.25) is 5.91 Å². The number of nitrogens with one attached hydrogen (secondary N) is 2. The number of anilines is 1. The van der Waals surface area contributed by atoms with Crippen LogP contribution in [0.2, 0.25) is 0 Å². The minimum absolute atomic E-state index is 0.0152. The monoisotopic (exact) mass is 324 g/mol. The van der Waals surface area contributed by atoms with Gasteiger partial charge in [-0.2, -0.15) is 0 Å². The maximum Gasteiger partial charge on any atom is 0.231 e. The van der Waals surface area contributed by atoms with E-state index in [0.717, 1.165) is 30.1 Å². The standard InChI is InChI=1S/C20H24N2O2/c1-14(16-4-3-5-19(12-16)24-2)20(23)22-18-8-6-15(7-9-18)17-10-11-21-13-17/h3-9,12,14,17,21H,10-11,13H2,1-2H3,(H,22,23)/t14-,17?/m0/s1. The zero-order valence-electron chi connectivity index (χ0n) is 14.2. The summed E-state index contributed by atoms with van der Waals surface area (Å²) in [6.07, 6.45) is 1.18. The van der Waals surface area contributed by atoms with Crippen LogP contribution in [-0.4, -0.2) is 26.1 Å². The van der Waals surface area contributed by atoms with Gasteiger partial charge in [0.1, 0.15) is 5.75 Å². The third kappa shape index (κ3) is 3.77. The zero-order valence-corrected chi connectivity index (χ0v) is 14.2. The normalized spacial score (nSPS) is 18.2. The van der Waals surface area contributed by atoms with Crippen LogP contribution >= 0.6 is 0 Å². The topological polar surface area (TPSA) is 50.4 Å². The maximum atomic E-state index is 12.5. The molecular weight excluding hydrogens is 300 g/mol. The highest BCUT2D eigenvalue weighted by molar-refractivity contribution is 5.95. The van der Waals surface area contributed by atoms with E-state index in [2.05, 4.69) is 22.8 Å². The molecular formula is C20H24N2O2. The number of benzene rings is 2. The lowest BCUT2D eigenvalue weighted by Gasteiger charge is -2.14. The molecule has 4 heteroatoms. The van der Waals surface area contributed by atoms with Gasteiger partial charge in [0.15, 0.2) is 0 Å². The molecule has 0 bridgehead atoms. The summed E-state index contributed by atoms with van der Waals surface area (Å²) in [6, 6.07) is 15.8. The van der Waals surface area contributed by atoms with Crippen molar-refractivity contribution in [2.75, 3.05) is 25.5 Å². The van der Waals surface area contributed by atoms with E-state index >= 15 is 0 Å². The van der Waals surface area contributed by atoms with Gasteiger partial charge < -0.3 is 15.4 Å². The molecule has 0 aromatic heterocycles. The van der Waals surface area contributed by atoms with Gasteiger partial charge in [0.25, 0.3) is 0 Å². The maximum absolute atomic E-state index is 12.5. The summed E-state index contributed by atoms with van der Waals surface area (Å²) in [5.74, 6) is 1.10. The van der Waals surface area contributed by atoms with E-state index < -0.39 is 0 Å². The fourth-order valence-corrected chi connectivity index (χ4v) is 3.09. The van der Waals surface area contributed by atoms with E-state index in [-0.39, 0.29) is 11.8 Å². The second-order valence-electron chi connectivity index (χ2n) is 6.30. The summed E-state index contributed by atoms with van der Waals surface area (Å²) >= 11 is 0. The Balaban J connectivity index is 1.65. The largest absolute Gasteiger partial charge is 0.497 e. The van der Waals surface area contributed by atoms with Gasteiger partial charge in [0, 0.05) is 12.2 Å². The number of hydrogen-bond acceptors (Lipinski definition) is 3. The molecule has 2 aromatic rings. The van der Waals surface area contributed by atoms with E-state index in [1.54, 1.807) is 7.11 Å². The number of ether oxygens (including phenoxy) is 1. The van der Waals surface area contributed by atoms with E-state index in [4.69, 9.17) is 4.74 Å². The van der Waals surface area contributed by atoms with E-state index in [0.29, 0.717) is 5.92 Å². The molecule has 2 N–H and O–H groups in total. The molecule has 1 aliphatic heterocycles. The van der Waals surface area contributed by atoms with Crippen molar-refractivity contribution >= 4 is 11.6 Å². The second kappa shape index (κ2) is 7.49. The second-order valence-corrected chi connectivity index (χ2v) is 6.30. The molecule has 0 aliphatic carbocycles. The number of amides is 1. The summed E-state index contributed by atoms with van der Waals surface area (Å²) < 4.78 is 5.23. The molecule has 126 valence electrons. The predicted molar refractivity (Wildman–Crippen MR) is 96.7 cm³/mol. The molecule has 24 heavy (non-hydrogen) atoms. The minimum atomic E-state index is -0.237. The van der Waals surface area contributed by atoms with Crippen LogP contribution in [0.1, 0.15) is 36.3 Å². The van der Waals surface area contributed by atoms with E-state index in [1.165, 1.54) is 12.0 Å². The highest BCUT2D eigenvalue weighted by Crippen LogP contribution is 2.25. The molecule has 1 aliphatic rings. The lowest BCUT2D eigenvalue weighted by Crippen LogP contribution is -2.19. The van der Waals surface area contributed by atoms with Crippen molar-refractivity contribution in [1.82, 2.24) is 5.32 Å². The van der Waals surface area contributed by atoms with Crippen molar-refractivity contribution in [3.8, 4) is 5.75 Å². The molecule has 1 fully saturated rings. The van der Waals surface area contributed by atoms with E-state index in [1.807, 2.05) is 43.3 Å². The third-order valence-electron chi connectivity index (χ3n) is 4.70. The number of carbonyl (C=O) groups is 1. The van der Waals surface area contributed by atoms with Crippen LogP contribution in [0, 0.1) is 0 Å². The molecule has 4 nitrogen and oxygen atoms in total. The number of hydrogen-bond donors (Lipinski definition) is 2. The Morgan fingerprint density at radius 3 is 2.71 bits per heavy atom. The van der Waals surface area contributed by atoms with Gasteiger partial charge in [-0.3, -0.25) is 4.79 Å². The molecule has 1 heterocycles. The average molecular weight is 324 g/mol. The van der Waals surface area contributed by atoms with Crippen LogP contribution in [0.5, 0.6) is 5.75 Å². The first-order chi connectivity index (χ1) is 11.7. The Bertz CT molecular complexity index is 691. The molecule has 1 amide bonds. The first-order valence-electron chi connectivity index (χ1n) is 8.43. The van der Waals surface area contributed by atoms with Crippen molar-refractivity contribution in [3.05, 3.63) is 59.7 Å². The zero-order chi connectivity index (χ0) is 16.9. The first kappa shape index (κ1) is 16.5. The van der Waals surface area contributed by atoms with Crippen molar-refractivity contribution < 1.29 is 9.53 Å². The van der Waals surface area contributed by atoms with Crippen molar-refractivity contribution in [2.45, 2.75) is 25.2 Å². The van der Waals surface area contributed by atoms with Crippen LogP contribution < -0.4 is 15.4 Å². The quantitative estimate of drug-likeness (QED) is 0.885. The molecule has 3 rings (SSSR count). The molecule has 0 radical (unpaired) electrons. The SMILES string of the molecule is COc1cccc([C@H](C)C(=O)Nc2ccc(C3CCNC3)cc2)c1. The molecule has 1 unspecified atom stereocenters. The fourth-order valence-electron chi connectivity index (χ4n) is 3.09. The van der Waals surface area contributed by atoms with Gasteiger partial charge in [0.05, 0.1) is 13.0 Å². The lowest BCUT2D eigenvalue weighted by molar-refractivity contribution is -0.117. The van der Waals surface area contributed by atoms with E-state index in [9.17, 15) is 4.79 Å². The molecule has 0 spiro atoms. The number of carbonyl (C=O) groups excluding carboxylic acids is 1. The number of rotatable bonds is 5. The predicted octanol–water partition coefficient (Wildman–Crippen LogP) is 3.51. The van der Waals surface area contributed by atoms with Gasteiger partial charge in [-0.1, -0.05) is 24.3 Å². The Kier molecular flexibility index (Phi) is 5.16. The minimum Gasteiger partial charge on any atom is -0.497 e. The molecule has 2 atom stereocenters. The Hall–Kier alpha value is -2.33. The Labute approximate surface area is 143 Å². The highest BCUT2D eigenvalue weighted by Gasteiger charge is 2.18. The van der Waals surface area contributed by atoms with Crippen molar-refractivity contribution in [1.29, 1.82) is 0 Å². The third-order valence-corrected chi connectivity index (χ3v) is 4.70. The van der Waals surface area contributed by atoms with Gasteiger partial charge >= 0.3 is 0 Å². The summed E-state index contributed by atoms with van der Waals surface area (Å²) in [6.45, 7) is 4.03. The van der Waals surface area contributed by atoms with Crippen molar-refractivity contribution in [3.63, 3.8) is 0 Å². The smallest absolute Gasteiger partial charge is 0.231 e. The van der Waals surface area contributed by atoms with Crippen LogP contribution in [0.25, 0.3) is 0 Å². The van der Waals surface area contributed by atoms with Crippen LogP contribution in [0.4, 0.5) is 5.69 Å². The summed E-state index contributed by atoms with van der Waals surface area (Å²) in [4.78, 5) is 12.5. The Morgan fingerprint density at radius 2 is 2.04 bits per heavy atom. The van der Waals surface area contributed by atoms with Gasteiger partial charge in [-0.25, -0.2) is 0 Å². The Morgan fingerprint density at radius 1 is 1.25 bits per heavy atom. The molecule has 1 saturated heterocycles. The number of methoxy groups -OCH3 is 1. The summed E-state index contributed by atoms with van der Waals surface area (Å²) in [5, 5.41) is 6.38. The van der Waals surface area contributed by atoms with Gasteiger partial charge in [-0.15, -0.1) is 0 Å². The van der Waals surface area contributed by atoms with Crippen LogP contribution in [-0.2, 0) is 4.79 Å². The lowest BCUT2D eigenvalue weighted by atomic mass is 9.98. The highest BCUT2D eigenvalue weighted by atomic mass is 16.5. The summed E-state index contributed by atoms with van der Waals surface area (Å²) in [7, 11) is 1.63. The van der Waals surface area contributed by atoms with Crippen molar-refractivity contribution in [2.24, 2.45) is 0 Å². The first-order valence-corrected chi connectivity index (χ1v) is 8.43. The molecule has 0 saturated carbocycles. The van der Waals surface area contributed by atoms with Crippen LogP contribution in [0.3, 0.4) is 0 Å². The average Bonchev–Trinajstić information content (AvgIpc) is 3.16. The van der Waals surface area contributed by atoms with Gasteiger partial charge in [-0.05, 0) is 61.2 Å². The van der Waals surface area contributed by atoms with Crippen LogP contribution in [0.15, 0.2) is 48.5 Å². The summed E-state index contributed by atoms with van der Waals surface area (Å²) in [5.41, 5.74) is 3.11. The fraction of sp³-hybridized carbons (Fsp3) is 0.350.